The van der Waals surface area contributed by atoms with Gasteiger partial charge in [-0.05, 0) is 19.3 Å². The molecule has 0 aliphatic carbocycles. The van der Waals surface area contributed by atoms with E-state index in [9.17, 15) is 4.79 Å². The van der Waals surface area contributed by atoms with E-state index in [0.29, 0.717) is 12.2 Å². The lowest BCUT2D eigenvalue weighted by Gasteiger charge is -2.02. The monoisotopic (exact) mass is 178 g/mol. The molecule has 0 aromatic carbocycles. The Hall–Kier alpha value is -1.12. The summed E-state index contributed by atoms with van der Waals surface area (Å²) in [6, 6.07) is 0. The van der Waals surface area contributed by atoms with Crippen molar-refractivity contribution >= 4 is 5.78 Å². The standard InChI is InChI=1S/C10H14N2O/c13-9-6-4-2-1-3-5-8-7-11-10(9)12-8/h7H,1-6H2,(H,11,12). The molecule has 2 heterocycles. The number of hydrogen-bond donors (Lipinski definition) is 1. The molecule has 1 aromatic rings. The molecule has 70 valence electrons. The number of aryl methyl sites for hydroxylation is 1. The lowest BCUT2D eigenvalue weighted by Crippen LogP contribution is -2.03. The van der Waals surface area contributed by atoms with Crippen molar-refractivity contribution < 1.29 is 4.79 Å². The second-order valence-corrected chi connectivity index (χ2v) is 3.59. The molecule has 0 fully saturated rings. The number of H-pyrrole nitrogens is 1. The number of fused-ring (bicyclic) bond motifs is 2. The van der Waals surface area contributed by atoms with Gasteiger partial charge in [-0.3, -0.25) is 4.79 Å². The van der Waals surface area contributed by atoms with E-state index in [1.807, 2.05) is 0 Å². The summed E-state index contributed by atoms with van der Waals surface area (Å²) in [6.07, 6.45) is 8.07. The Morgan fingerprint density at radius 1 is 1.15 bits per heavy atom. The van der Waals surface area contributed by atoms with Gasteiger partial charge in [-0.15, -0.1) is 0 Å². The number of hydrogen-bond acceptors (Lipinski definition) is 2. The van der Waals surface area contributed by atoms with Crippen LogP contribution in [-0.4, -0.2) is 15.8 Å². The summed E-state index contributed by atoms with van der Waals surface area (Å²) in [7, 11) is 0. The number of imidazole rings is 1. The van der Waals surface area contributed by atoms with Crippen molar-refractivity contribution in [3.8, 4) is 0 Å². The van der Waals surface area contributed by atoms with E-state index in [1.165, 1.54) is 19.3 Å². The first-order valence-electron chi connectivity index (χ1n) is 4.93. The number of rotatable bonds is 0. The van der Waals surface area contributed by atoms with Crippen molar-refractivity contribution in [3.05, 3.63) is 17.7 Å². The van der Waals surface area contributed by atoms with Gasteiger partial charge < -0.3 is 4.98 Å². The van der Waals surface area contributed by atoms with Crippen LogP contribution in [0.1, 0.15) is 48.4 Å². The van der Waals surface area contributed by atoms with Crippen LogP contribution in [0.25, 0.3) is 0 Å². The maximum absolute atomic E-state index is 11.5. The van der Waals surface area contributed by atoms with E-state index in [-0.39, 0.29) is 5.78 Å². The van der Waals surface area contributed by atoms with Gasteiger partial charge in [0.05, 0.1) is 0 Å². The molecule has 0 saturated carbocycles. The summed E-state index contributed by atoms with van der Waals surface area (Å²) < 4.78 is 0. The molecular formula is C10H14N2O. The first-order chi connectivity index (χ1) is 6.36. The van der Waals surface area contributed by atoms with Gasteiger partial charge in [0.15, 0.2) is 11.6 Å². The van der Waals surface area contributed by atoms with E-state index in [0.717, 1.165) is 18.5 Å². The number of nitrogens with zero attached hydrogens (tertiary/aromatic N) is 1. The fraction of sp³-hybridized carbons (Fsp3) is 0.600. The minimum atomic E-state index is 0.160. The molecule has 0 amide bonds. The zero-order valence-electron chi connectivity index (χ0n) is 7.68. The number of carbonyl (C=O) groups excluding carboxylic acids is 1. The van der Waals surface area contributed by atoms with Gasteiger partial charge in [0.25, 0.3) is 0 Å². The minimum Gasteiger partial charge on any atom is -0.339 e. The summed E-state index contributed by atoms with van der Waals surface area (Å²) in [6.45, 7) is 0. The Labute approximate surface area is 77.6 Å². The minimum absolute atomic E-state index is 0.160. The van der Waals surface area contributed by atoms with Gasteiger partial charge in [0, 0.05) is 18.3 Å². The third-order valence-electron chi connectivity index (χ3n) is 2.49. The summed E-state index contributed by atoms with van der Waals surface area (Å²) in [4.78, 5) is 18.6. The maximum Gasteiger partial charge on any atom is 0.198 e. The predicted octanol–water partition coefficient (Wildman–Crippen LogP) is 2.10. The Morgan fingerprint density at radius 3 is 2.77 bits per heavy atom. The van der Waals surface area contributed by atoms with Crippen LogP contribution in [0.15, 0.2) is 6.20 Å². The normalized spacial score (nSPS) is 18.6. The second kappa shape index (κ2) is 3.73. The average molecular weight is 178 g/mol. The fourth-order valence-corrected chi connectivity index (χ4v) is 1.70. The van der Waals surface area contributed by atoms with E-state index < -0.39 is 0 Å². The highest BCUT2D eigenvalue weighted by atomic mass is 16.1. The van der Waals surface area contributed by atoms with Crippen LogP contribution in [0.5, 0.6) is 0 Å². The number of aromatic nitrogens is 2. The molecule has 0 radical (unpaired) electrons. The van der Waals surface area contributed by atoms with Gasteiger partial charge in [-0.1, -0.05) is 12.8 Å². The maximum atomic E-state index is 11.5. The topological polar surface area (TPSA) is 45.8 Å². The van der Waals surface area contributed by atoms with Crippen LogP contribution in [0.2, 0.25) is 0 Å². The van der Waals surface area contributed by atoms with Crippen molar-refractivity contribution in [2.45, 2.75) is 38.5 Å². The first kappa shape index (κ1) is 8.48. The third-order valence-corrected chi connectivity index (χ3v) is 2.49. The van der Waals surface area contributed by atoms with E-state index >= 15 is 0 Å². The van der Waals surface area contributed by atoms with E-state index in [2.05, 4.69) is 9.97 Å². The molecular weight excluding hydrogens is 164 g/mol. The molecule has 1 aromatic heterocycles. The molecule has 1 aliphatic heterocycles. The van der Waals surface area contributed by atoms with Crippen molar-refractivity contribution in [3.63, 3.8) is 0 Å². The molecule has 1 N–H and O–H groups in total. The molecule has 2 bridgehead atoms. The Bertz CT molecular complexity index is 304. The van der Waals surface area contributed by atoms with E-state index in [1.54, 1.807) is 6.20 Å². The molecule has 1 aliphatic rings. The molecule has 0 unspecified atom stereocenters. The van der Waals surface area contributed by atoms with E-state index in [4.69, 9.17) is 0 Å². The Kier molecular flexibility index (Phi) is 2.43. The van der Waals surface area contributed by atoms with Crippen molar-refractivity contribution in [2.75, 3.05) is 0 Å². The predicted molar refractivity (Wildman–Crippen MR) is 49.7 cm³/mol. The quantitative estimate of drug-likeness (QED) is 0.661. The zero-order chi connectivity index (χ0) is 9.10. The lowest BCUT2D eigenvalue weighted by atomic mass is 10.1. The molecule has 0 atom stereocenters. The number of nitrogens with one attached hydrogen (secondary N) is 1. The number of aromatic amines is 1. The molecule has 3 nitrogen and oxygen atoms in total. The van der Waals surface area contributed by atoms with Crippen LogP contribution in [0, 0.1) is 0 Å². The van der Waals surface area contributed by atoms with Gasteiger partial charge in [-0.25, -0.2) is 4.98 Å². The molecule has 2 rings (SSSR count). The fourth-order valence-electron chi connectivity index (χ4n) is 1.70. The van der Waals surface area contributed by atoms with Gasteiger partial charge >= 0.3 is 0 Å². The zero-order valence-corrected chi connectivity index (χ0v) is 7.68. The van der Waals surface area contributed by atoms with Gasteiger partial charge in [-0.2, -0.15) is 0 Å². The highest BCUT2D eigenvalue weighted by molar-refractivity contribution is 5.92. The molecule has 0 spiro atoms. The Morgan fingerprint density at radius 2 is 1.92 bits per heavy atom. The van der Waals surface area contributed by atoms with Crippen LogP contribution < -0.4 is 0 Å². The van der Waals surface area contributed by atoms with Gasteiger partial charge in [0.1, 0.15) is 0 Å². The number of Topliss-reactive ketones (excluding diaryl/α,β-unsaturated/α-hetero) is 1. The third kappa shape index (κ3) is 1.97. The number of carbonyl (C=O) groups is 1. The van der Waals surface area contributed by atoms with Crippen LogP contribution in [0.4, 0.5) is 0 Å². The first-order valence-corrected chi connectivity index (χ1v) is 4.93. The summed E-state index contributed by atoms with van der Waals surface area (Å²) in [5, 5.41) is 0. The van der Waals surface area contributed by atoms with Crippen molar-refractivity contribution in [1.82, 2.24) is 9.97 Å². The summed E-state index contributed by atoms with van der Waals surface area (Å²) in [5.74, 6) is 0.713. The smallest absolute Gasteiger partial charge is 0.198 e. The summed E-state index contributed by atoms with van der Waals surface area (Å²) >= 11 is 0. The number of ketones is 1. The largest absolute Gasteiger partial charge is 0.339 e. The van der Waals surface area contributed by atoms with Crippen LogP contribution in [-0.2, 0) is 6.42 Å². The second-order valence-electron chi connectivity index (χ2n) is 3.59. The average Bonchev–Trinajstić information content (AvgIpc) is 2.58. The molecule has 3 heteroatoms. The van der Waals surface area contributed by atoms with Crippen molar-refractivity contribution in [2.24, 2.45) is 0 Å². The highest BCUT2D eigenvalue weighted by Gasteiger charge is 2.11. The van der Waals surface area contributed by atoms with Crippen LogP contribution >= 0.6 is 0 Å². The lowest BCUT2D eigenvalue weighted by molar-refractivity contribution is 0.0969. The molecule has 13 heavy (non-hydrogen) atoms. The Balaban J connectivity index is 2.18. The molecule has 0 saturated heterocycles. The van der Waals surface area contributed by atoms with Crippen LogP contribution in [0.3, 0.4) is 0 Å². The van der Waals surface area contributed by atoms with Crippen molar-refractivity contribution in [1.29, 1.82) is 0 Å². The highest BCUT2D eigenvalue weighted by Crippen LogP contribution is 2.12. The summed E-state index contributed by atoms with van der Waals surface area (Å²) in [5.41, 5.74) is 1.10. The SMILES string of the molecule is O=C1CCCCCCc2cnc1[nH]2. The van der Waals surface area contributed by atoms with Gasteiger partial charge in [0.2, 0.25) is 0 Å².